The molecule has 2 aromatic rings. The van der Waals surface area contributed by atoms with Gasteiger partial charge in [0.2, 0.25) is 0 Å². The van der Waals surface area contributed by atoms with E-state index in [1.165, 1.54) is 12.1 Å². The first kappa shape index (κ1) is 20.6. The molecule has 2 fully saturated rings. The van der Waals surface area contributed by atoms with Crippen molar-refractivity contribution in [3.8, 4) is 11.4 Å². The fraction of sp³-hybridized carbons (Fsp3) is 0.579. The van der Waals surface area contributed by atoms with Gasteiger partial charge in [-0.1, -0.05) is 0 Å². The van der Waals surface area contributed by atoms with Gasteiger partial charge in [0.1, 0.15) is 5.82 Å². The second-order valence-corrected chi connectivity index (χ2v) is 10.4. The van der Waals surface area contributed by atoms with Gasteiger partial charge < -0.3 is 4.74 Å². The predicted octanol–water partition coefficient (Wildman–Crippen LogP) is 2.48. The number of hydrogen-bond acceptors (Lipinski definition) is 6. The Hall–Kier alpha value is -1.62. The van der Waals surface area contributed by atoms with Gasteiger partial charge in [0.15, 0.2) is 20.4 Å². The molecule has 0 amide bonds. The van der Waals surface area contributed by atoms with Crippen LogP contribution in [0.2, 0.25) is 0 Å². The largest absolute Gasteiger partial charge is 0.376 e. The molecule has 0 spiro atoms. The summed E-state index contributed by atoms with van der Waals surface area (Å²) in [6.45, 7) is 1.73. The summed E-state index contributed by atoms with van der Waals surface area (Å²) in [6, 6.07) is 6.15. The van der Waals surface area contributed by atoms with Gasteiger partial charge in [0, 0.05) is 18.2 Å². The van der Waals surface area contributed by atoms with Crippen LogP contribution >= 0.6 is 12.2 Å². The highest BCUT2D eigenvalue weighted by Crippen LogP contribution is 2.23. The Morgan fingerprint density at radius 2 is 2.07 bits per heavy atom. The van der Waals surface area contributed by atoms with Crippen LogP contribution in [0.5, 0.6) is 0 Å². The zero-order valence-electron chi connectivity index (χ0n) is 16.3. The van der Waals surface area contributed by atoms with Crippen molar-refractivity contribution in [2.24, 2.45) is 0 Å². The molecule has 7 nitrogen and oxygen atoms in total. The molecule has 2 atom stereocenters. The first-order valence-electron chi connectivity index (χ1n) is 9.78. The molecule has 0 saturated carbocycles. The predicted molar refractivity (Wildman–Crippen MR) is 110 cm³/mol. The number of nitrogens with zero attached hydrogens (tertiary/aromatic N) is 4. The molecular formula is C19H25FN4O3S2. The molecule has 0 N–H and O–H groups in total. The summed E-state index contributed by atoms with van der Waals surface area (Å²) >= 11 is 5.70. The summed E-state index contributed by atoms with van der Waals surface area (Å²) in [5.74, 6) is 0.748. The van der Waals surface area contributed by atoms with E-state index in [-0.39, 0.29) is 29.5 Å². The van der Waals surface area contributed by atoms with E-state index < -0.39 is 9.84 Å². The van der Waals surface area contributed by atoms with Crippen LogP contribution in [0.1, 0.15) is 19.3 Å². The molecule has 2 aliphatic heterocycles. The lowest BCUT2D eigenvalue weighted by Crippen LogP contribution is -2.34. The monoisotopic (exact) mass is 440 g/mol. The Kier molecular flexibility index (Phi) is 5.87. The van der Waals surface area contributed by atoms with Crippen LogP contribution in [-0.2, 0) is 27.8 Å². The minimum Gasteiger partial charge on any atom is -0.376 e. The summed E-state index contributed by atoms with van der Waals surface area (Å²) < 4.78 is 47.0. The topological polar surface area (TPSA) is 69.4 Å². The van der Waals surface area contributed by atoms with Crippen molar-refractivity contribution < 1.29 is 17.5 Å². The first-order chi connectivity index (χ1) is 13.8. The lowest BCUT2D eigenvalue weighted by Gasteiger charge is -2.22. The van der Waals surface area contributed by atoms with Crippen molar-refractivity contribution in [1.29, 1.82) is 0 Å². The quantitative estimate of drug-likeness (QED) is 0.643. The van der Waals surface area contributed by atoms with E-state index >= 15 is 0 Å². The number of hydrogen-bond donors (Lipinski definition) is 0. The van der Waals surface area contributed by atoms with Crippen LogP contribution in [0, 0.1) is 10.6 Å². The van der Waals surface area contributed by atoms with Crippen molar-refractivity contribution >= 4 is 22.1 Å². The second kappa shape index (κ2) is 8.25. The molecule has 1 aromatic carbocycles. The number of ether oxygens (including phenoxy) is 1. The Morgan fingerprint density at radius 1 is 1.31 bits per heavy atom. The van der Waals surface area contributed by atoms with E-state index in [1.54, 1.807) is 16.8 Å². The van der Waals surface area contributed by atoms with Crippen LogP contribution in [0.15, 0.2) is 24.3 Å². The van der Waals surface area contributed by atoms with Gasteiger partial charge in [-0.05, 0) is 62.8 Å². The maximum Gasteiger partial charge on any atom is 0.199 e. The highest BCUT2D eigenvalue weighted by molar-refractivity contribution is 7.91. The minimum absolute atomic E-state index is 0.0421. The molecule has 29 heavy (non-hydrogen) atoms. The first-order valence-corrected chi connectivity index (χ1v) is 12.0. The van der Waals surface area contributed by atoms with Crippen LogP contribution in [-0.4, -0.2) is 65.0 Å². The van der Waals surface area contributed by atoms with Crippen molar-refractivity contribution in [1.82, 2.24) is 19.2 Å². The van der Waals surface area contributed by atoms with Gasteiger partial charge in [-0.2, -0.15) is 5.10 Å². The second-order valence-electron chi connectivity index (χ2n) is 7.81. The van der Waals surface area contributed by atoms with Gasteiger partial charge in [-0.25, -0.2) is 17.5 Å². The molecular weight excluding hydrogens is 415 g/mol. The summed E-state index contributed by atoms with van der Waals surface area (Å²) in [5, 5.41) is 4.71. The third-order valence-electron chi connectivity index (χ3n) is 5.62. The molecule has 2 saturated heterocycles. The zero-order valence-corrected chi connectivity index (χ0v) is 18.0. The molecule has 1 aromatic heterocycles. The van der Waals surface area contributed by atoms with Gasteiger partial charge in [0.25, 0.3) is 0 Å². The standard InChI is InChI=1S/C19H25FN4O3S2/c1-22(16-8-10-29(25,26)12-16)13-24-19(28)23(11-17-3-2-9-27-17)18(21-24)14-4-6-15(20)7-5-14/h4-7,16-17H,2-3,8-13H2,1H3. The average Bonchev–Trinajstić information content (AvgIpc) is 3.39. The molecule has 2 unspecified atom stereocenters. The highest BCUT2D eigenvalue weighted by atomic mass is 32.2. The molecule has 2 aliphatic rings. The third kappa shape index (κ3) is 4.60. The molecule has 10 heteroatoms. The van der Waals surface area contributed by atoms with Gasteiger partial charge in [-0.15, -0.1) is 0 Å². The summed E-state index contributed by atoms with van der Waals surface area (Å²) in [5.41, 5.74) is 0.778. The van der Waals surface area contributed by atoms with E-state index in [4.69, 9.17) is 22.1 Å². The van der Waals surface area contributed by atoms with Crippen molar-refractivity contribution in [2.75, 3.05) is 25.2 Å². The lowest BCUT2D eigenvalue weighted by molar-refractivity contribution is 0.0966. The number of sulfone groups is 1. The number of halogens is 1. The Labute approximate surface area is 175 Å². The Bertz CT molecular complexity index is 1030. The minimum atomic E-state index is -2.96. The number of rotatable bonds is 6. The SMILES string of the molecule is CN(Cn1nc(-c2ccc(F)cc2)n(CC2CCCO2)c1=S)C1CCS(=O)(=O)C1. The third-order valence-corrected chi connectivity index (χ3v) is 7.81. The van der Waals surface area contributed by atoms with Crippen LogP contribution in [0.25, 0.3) is 11.4 Å². The van der Waals surface area contributed by atoms with E-state index in [0.29, 0.717) is 30.2 Å². The van der Waals surface area contributed by atoms with Crippen molar-refractivity contribution in [2.45, 2.75) is 44.6 Å². The number of aromatic nitrogens is 3. The van der Waals surface area contributed by atoms with Crippen LogP contribution in [0.3, 0.4) is 0 Å². The maximum absolute atomic E-state index is 13.4. The molecule has 0 radical (unpaired) electrons. The van der Waals surface area contributed by atoms with Gasteiger partial charge >= 0.3 is 0 Å². The van der Waals surface area contributed by atoms with Gasteiger partial charge in [0.05, 0.1) is 30.8 Å². The highest BCUT2D eigenvalue weighted by Gasteiger charge is 2.31. The molecule has 158 valence electrons. The van der Waals surface area contributed by atoms with Gasteiger partial charge in [-0.3, -0.25) is 9.47 Å². The summed E-state index contributed by atoms with van der Waals surface area (Å²) in [6.07, 6.45) is 2.69. The molecule has 3 heterocycles. The molecule has 0 bridgehead atoms. The normalized spacial score (nSPS) is 23.8. The Morgan fingerprint density at radius 3 is 2.69 bits per heavy atom. The van der Waals surface area contributed by atoms with E-state index in [0.717, 1.165) is 25.0 Å². The fourth-order valence-electron chi connectivity index (χ4n) is 3.95. The summed E-state index contributed by atoms with van der Waals surface area (Å²) in [7, 11) is -1.07. The molecule has 0 aliphatic carbocycles. The fourth-order valence-corrected chi connectivity index (χ4v) is 6.02. The number of benzene rings is 1. The van der Waals surface area contributed by atoms with E-state index in [2.05, 4.69) is 0 Å². The van der Waals surface area contributed by atoms with Crippen LogP contribution in [0.4, 0.5) is 4.39 Å². The molecule has 4 rings (SSSR count). The lowest BCUT2D eigenvalue weighted by atomic mass is 10.2. The van der Waals surface area contributed by atoms with E-state index in [1.807, 2.05) is 16.5 Å². The van der Waals surface area contributed by atoms with Crippen molar-refractivity contribution in [3.05, 3.63) is 34.9 Å². The Balaban J connectivity index is 1.63. The van der Waals surface area contributed by atoms with E-state index in [9.17, 15) is 12.8 Å². The smallest absolute Gasteiger partial charge is 0.199 e. The zero-order chi connectivity index (χ0) is 20.6. The average molecular weight is 441 g/mol. The maximum atomic E-state index is 13.4. The van der Waals surface area contributed by atoms with Crippen molar-refractivity contribution in [3.63, 3.8) is 0 Å². The van der Waals surface area contributed by atoms with Crippen LogP contribution < -0.4 is 0 Å². The summed E-state index contributed by atoms with van der Waals surface area (Å²) in [4.78, 5) is 1.98.